The van der Waals surface area contributed by atoms with E-state index in [0.717, 1.165) is 11.1 Å². The van der Waals surface area contributed by atoms with E-state index in [9.17, 15) is 8.78 Å². The molecule has 1 nitrogen and oxygen atoms in total. The lowest BCUT2D eigenvalue weighted by Crippen LogP contribution is -2.30. The van der Waals surface area contributed by atoms with Gasteiger partial charge in [-0.1, -0.05) is 18.2 Å². The fourth-order valence-electron chi connectivity index (χ4n) is 1.29. The van der Waals surface area contributed by atoms with E-state index in [1.54, 1.807) is 0 Å². The summed E-state index contributed by atoms with van der Waals surface area (Å²) in [5, 5.41) is 0. The van der Waals surface area contributed by atoms with Crippen LogP contribution < -0.4 is 5.73 Å². The minimum Gasteiger partial charge on any atom is -0.323 e. The molecule has 1 aromatic carbocycles. The summed E-state index contributed by atoms with van der Waals surface area (Å²) in [4.78, 5) is 0. The predicted octanol–water partition coefficient (Wildman–Crippen LogP) is 2.44. The molecule has 2 N–H and O–H groups in total. The van der Waals surface area contributed by atoms with Gasteiger partial charge < -0.3 is 5.73 Å². The molecule has 0 amide bonds. The second-order valence-electron chi connectivity index (χ2n) is 3.62. The number of hydrogen-bond acceptors (Lipinski definition) is 1. The Hall–Kier alpha value is -0.960. The smallest absolute Gasteiger partial charge is 0.253 e. The quantitative estimate of drug-likeness (QED) is 0.795. The van der Waals surface area contributed by atoms with Crippen molar-refractivity contribution in [1.29, 1.82) is 0 Å². The normalized spacial score (nSPS) is 13.3. The van der Waals surface area contributed by atoms with Gasteiger partial charge in [0, 0.05) is 0 Å². The van der Waals surface area contributed by atoms with E-state index in [2.05, 4.69) is 0 Å². The van der Waals surface area contributed by atoms with Crippen molar-refractivity contribution in [2.24, 2.45) is 5.73 Å². The molecule has 0 spiro atoms. The molecule has 14 heavy (non-hydrogen) atoms. The summed E-state index contributed by atoms with van der Waals surface area (Å²) < 4.78 is 24.3. The maximum Gasteiger partial charge on any atom is 0.253 e. The third-order valence-corrected chi connectivity index (χ3v) is 2.37. The number of halogens is 2. The molecule has 1 rings (SSSR count). The molecule has 78 valence electrons. The lowest BCUT2D eigenvalue weighted by atomic mass is 10.0. The van der Waals surface area contributed by atoms with Crippen molar-refractivity contribution in [3.8, 4) is 0 Å². The van der Waals surface area contributed by atoms with Gasteiger partial charge in [-0.05, 0) is 37.0 Å². The lowest BCUT2D eigenvalue weighted by molar-refractivity contribution is 0.116. The van der Waals surface area contributed by atoms with Crippen molar-refractivity contribution in [3.05, 3.63) is 34.9 Å². The summed E-state index contributed by atoms with van der Waals surface area (Å²) >= 11 is 0. The maximum absolute atomic E-state index is 12.2. The minimum absolute atomic E-state index is 0.235. The third-order valence-electron chi connectivity index (χ3n) is 2.37. The lowest BCUT2D eigenvalue weighted by Gasteiger charge is -2.11. The van der Waals surface area contributed by atoms with Gasteiger partial charge in [0.05, 0.1) is 6.04 Å². The number of benzene rings is 1. The highest BCUT2D eigenvalue weighted by molar-refractivity contribution is 5.30. The van der Waals surface area contributed by atoms with Crippen LogP contribution in [0.15, 0.2) is 18.2 Å². The van der Waals surface area contributed by atoms with E-state index in [-0.39, 0.29) is 6.42 Å². The van der Waals surface area contributed by atoms with Crippen LogP contribution in [0, 0.1) is 13.8 Å². The number of alkyl halides is 2. The van der Waals surface area contributed by atoms with Crippen molar-refractivity contribution in [3.63, 3.8) is 0 Å². The Balaban J connectivity index is 2.73. The molecule has 0 aliphatic carbocycles. The van der Waals surface area contributed by atoms with Gasteiger partial charge in [-0.2, -0.15) is 0 Å². The van der Waals surface area contributed by atoms with Crippen LogP contribution in [0.3, 0.4) is 0 Å². The van der Waals surface area contributed by atoms with Crippen LogP contribution in [0.25, 0.3) is 0 Å². The molecule has 1 atom stereocenters. The number of hydrogen-bond donors (Lipinski definition) is 1. The van der Waals surface area contributed by atoms with Crippen LogP contribution >= 0.6 is 0 Å². The molecule has 0 saturated heterocycles. The molecule has 0 fully saturated rings. The Bertz CT molecular complexity index is 310. The van der Waals surface area contributed by atoms with Crippen LogP contribution in [-0.4, -0.2) is 12.5 Å². The number of rotatable bonds is 3. The van der Waals surface area contributed by atoms with E-state index in [1.807, 2.05) is 32.0 Å². The zero-order valence-electron chi connectivity index (χ0n) is 8.43. The summed E-state index contributed by atoms with van der Waals surface area (Å²) in [6.07, 6.45) is -2.21. The number of aryl methyl sites for hydroxylation is 2. The zero-order chi connectivity index (χ0) is 10.7. The third kappa shape index (κ3) is 2.77. The average Bonchev–Trinajstić information content (AvgIpc) is 2.11. The van der Waals surface area contributed by atoms with E-state index < -0.39 is 12.5 Å². The van der Waals surface area contributed by atoms with Gasteiger partial charge in [0.15, 0.2) is 0 Å². The molecule has 0 bridgehead atoms. The molecule has 0 aliphatic heterocycles. The van der Waals surface area contributed by atoms with Crippen LogP contribution in [0.1, 0.15) is 16.7 Å². The summed E-state index contributed by atoms with van der Waals surface area (Å²) in [6, 6.07) is 4.64. The highest BCUT2D eigenvalue weighted by Gasteiger charge is 2.15. The van der Waals surface area contributed by atoms with E-state index in [0.29, 0.717) is 0 Å². The first-order chi connectivity index (χ1) is 6.50. The molecule has 0 radical (unpaired) electrons. The molecular weight excluding hydrogens is 184 g/mol. The first-order valence-corrected chi connectivity index (χ1v) is 4.60. The molecule has 1 aromatic rings. The van der Waals surface area contributed by atoms with Crippen molar-refractivity contribution in [2.75, 3.05) is 0 Å². The average molecular weight is 199 g/mol. The van der Waals surface area contributed by atoms with Gasteiger partial charge in [0.1, 0.15) is 0 Å². The summed E-state index contributed by atoms with van der Waals surface area (Å²) in [5.74, 6) is 0. The van der Waals surface area contributed by atoms with Gasteiger partial charge >= 0.3 is 0 Å². The van der Waals surface area contributed by atoms with Crippen LogP contribution in [0.4, 0.5) is 8.78 Å². The van der Waals surface area contributed by atoms with Crippen LogP contribution in [-0.2, 0) is 6.42 Å². The first-order valence-electron chi connectivity index (χ1n) is 4.60. The summed E-state index contributed by atoms with van der Waals surface area (Å²) in [7, 11) is 0. The monoisotopic (exact) mass is 199 g/mol. The van der Waals surface area contributed by atoms with Crippen LogP contribution in [0.2, 0.25) is 0 Å². The van der Waals surface area contributed by atoms with Crippen molar-refractivity contribution >= 4 is 0 Å². The maximum atomic E-state index is 12.2. The Morgan fingerprint density at radius 3 is 2.36 bits per heavy atom. The molecule has 3 heteroatoms. The van der Waals surface area contributed by atoms with Gasteiger partial charge in [0.2, 0.25) is 0 Å². The van der Waals surface area contributed by atoms with Gasteiger partial charge in [-0.15, -0.1) is 0 Å². The SMILES string of the molecule is Cc1ccc(CC(N)C(F)F)cc1C. The topological polar surface area (TPSA) is 26.0 Å². The van der Waals surface area contributed by atoms with Gasteiger partial charge in [0.25, 0.3) is 6.43 Å². The van der Waals surface area contributed by atoms with Crippen molar-refractivity contribution < 1.29 is 8.78 Å². The van der Waals surface area contributed by atoms with Crippen molar-refractivity contribution in [1.82, 2.24) is 0 Å². The first kappa shape index (κ1) is 11.1. The molecule has 0 aliphatic rings. The Morgan fingerprint density at radius 2 is 1.86 bits per heavy atom. The Morgan fingerprint density at radius 1 is 1.21 bits per heavy atom. The van der Waals surface area contributed by atoms with E-state index in [4.69, 9.17) is 5.73 Å². The summed E-state index contributed by atoms with van der Waals surface area (Å²) in [6.45, 7) is 3.96. The highest BCUT2D eigenvalue weighted by Crippen LogP contribution is 2.13. The number of nitrogens with two attached hydrogens (primary N) is 1. The molecule has 0 heterocycles. The van der Waals surface area contributed by atoms with Crippen LogP contribution in [0.5, 0.6) is 0 Å². The second-order valence-corrected chi connectivity index (χ2v) is 3.62. The second kappa shape index (κ2) is 4.51. The molecular formula is C11H15F2N. The standard InChI is InChI=1S/C11H15F2N/c1-7-3-4-9(5-8(7)2)6-10(14)11(12)13/h3-5,10-11H,6,14H2,1-2H3. The highest BCUT2D eigenvalue weighted by atomic mass is 19.3. The molecule has 0 aromatic heterocycles. The van der Waals surface area contributed by atoms with Gasteiger partial charge in [-0.25, -0.2) is 8.78 Å². The zero-order valence-corrected chi connectivity index (χ0v) is 8.43. The van der Waals surface area contributed by atoms with Gasteiger partial charge in [-0.3, -0.25) is 0 Å². The predicted molar refractivity (Wildman–Crippen MR) is 53.6 cm³/mol. The van der Waals surface area contributed by atoms with Crippen molar-refractivity contribution in [2.45, 2.75) is 32.7 Å². The van der Waals surface area contributed by atoms with E-state index in [1.165, 1.54) is 5.56 Å². The largest absolute Gasteiger partial charge is 0.323 e. The minimum atomic E-state index is -2.45. The fraction of sp³-hybridized carbons (Fsp3) is 0.455. The van der Waals surface area contributed by atoms with E-state index >= 15 is 0 Å². The Kier molecular flexibility index (Phi) is 3.58. The molecule has 0 saturated carbocycles. The molecule has 1 unspecified atom stereocenters. The fourth-order valence-corrected chi connectivity index (χ4v) is 1.29. The Labute approximate surface area is 82.9 Å². The summed E-state index contributed by atoms with van der Waals surface area (Å²) in [5.41, 5.74) is 8.44.